The molecule has 36 valence electrons. The summed E-state index contributed by atoms with van der Waals surface area (Å²) in [4.78, 5) is 9.60. The molecule has 1 atom stereocenters. The van der Waals surface area contributed by atoms with Crippen molar-refractivity contribution in [2.24, 2.45) is 0 Å². The predicted molar refractivity (Wildman–Crippen MR) is 24.1 cm³/mol. The van der Waals surface area contributed by atoms with Gasteiger partial charge in [0.1, 0.15) is 0 Å². The van der Waals surface area contributed by atoms with Crippen LogP contribution in [0, 0.1) is 0 Å². The van der Waals surface area contributed by atoms with Crippen LogP contribution in [0.5, 0.6) is 0 Å². The molecule has 0 heterocycles. The zero-order chi connectivity index (χ0) is 4.99. The molecule has 0 fully saturated rings. The van der Waals surface area contributed by atoms with Crippen molar-refractivity contribution >= 4 is 8.03 Å². The van der Waals surface area contributed by atoms with Gasteiger partial charge in [0, 0.05) is 14.2 Å². The fourth-order valence-corrected chi connectivity index (χ4v) is 0.354. The second-order valence-corrected chi connectivity index (χ2v) is 2.02. The van der Waals surface area contributed by atoms with Gasteiger partial charge in [0.25, 0.3) is 0 Å². The van der Waals surface area contributed by atoms with Crippen LogP contribution in [0.15, 0.2) is 12.7 Å². The molecule has 0 rings (SSSR count). The average molecular weight is 128 g/mol. The fraction of sp³-hybridized carbons (Fsp3) is 0.333. The maximum absolute atomic E-state index is 9.60. The Kier molecular flexibility index (Phi) is 10.7. The number of rotatable bonds is 2. The molecule has 0 aliphatic heterocycles. The third-order valence-electron chi connectivity index (χ3n) is 0.311. The molecule has 0 spiro atoms. The molecule has 0 aliphatic rings. The van der Waals surface area contributed by atoms with Crippen molar-refractivity contribution in [1.82, 2.24) is 0 Å². The minimum absolute atomic E-state index is 0. The second-order valence-electron chi connectivity index (χ2n) is 0.865. The molecule has 0 amide bonds. The van der Waals surface area contributed by atoms with Crippen molar-refractivity contribution in [2.45, 2.75) is 0 Å². The van der Waals surface area contributed by atoms with Crippen LogP contribution >= 0.6 is 8.03 Å². The smallest absolute Gasteiger partial charge is 0.801 e. The van der Waals surface area contributed by atoms with E-state index < -0.39 is 8.03 Å². The van der Waals surface area contributed by atoms with Gasteiger partial charge in [0.05, 0.1) is 0 Å². The van der Waals surface area contributed by atoms with E-state index in [9.17, 15) is 9.46 Å². The molecule has 0 aromatic rings. The maximum atomic E-state index is 9.60. The molecule has 0 bridgehead atoms. The van der Waals surface area contributed by atoms with Gasteiger partial charge in [-0.15, -0.1) is 6.58 Å². The molecule has 0 aliphatic carbocycles. The molecule has 1 unspecified atom stereocenters. The van der Waals surface area contributed by atoms with Crippen LogP contribution in [0.1, 0.15) is 0 Å². The molecule has 0 aromatic heterocycles. The van der Waals surface area contributed by atoms with Crippen LogP contribution in [0.2, 0.25) is 0 Å². The van der Waals surface area contributed by atoms with Gasteiger partial charge in [0.2, 0.25) is 0 Å². The zero-order valence-electron chi connectivity index (χ0n) is 4.31. The molecule has 0 N–H and O–H groups in total. The van der Waals surface area contributed by atoms with Crippen molar-refractivity contribution < 1.29 is 39.0 Å². The summed E-state index contributed by atoms with van der Waals surface area (Å²) in [6.07, 6.45) is 1.50. The quantitative estimate of drug-likeness (QED) is 0.226. The van der Waals surface area contributed by atoms with Gasteiger partial charge in [-0.2, -0.15) is 0 Å². The summed E-state index contributed by atoms with van der Waals surface area (Å²) in [5.41, 5.74) is 0. The van der Waals surface area contributed by atoms with Crippen LogP contribution in [0.3, 0.4) is 0 Å². The molecule has 4 heteroatoms. The average Bonchev–Trinajstić information content (AvgIpc) is 1.35. The van der Waals surface area contributed by atoms with E-state index in [1.807, 2.05) is 0 Å². The molecular formula is C3H6NaO2P. The van der Waals surface area contributed by atoms with E-state index in [0.29, 0.717) is 0 Å². The molecular weight excluding hydrogens is 122 g/mol. The molecule has 7 heavy (non-hydrogen) atoms. The van der Waals surface area contributed by atoms with Gasteiger partial charge in [-0.3, -0.25) is 0 Å². The van der Waals surface area contributed by atoms with Crippen LogP contribution in [0.25, 0.3) is 0 Å². The Morgan fingerprint density at radius 2 is 2.29 bits per heavy atom. The van der Waals surface area contributed by atoms with E-state index >= 15 is 0 Å². The van der Waals surface area contributed by atoms with Gasteiger partial charge in [0.15, 0.2) is 0 Å². The second kappa shape index (κ2) is 6.93. The van der Waals surface area contributed by atoms with E-state index in [-0.39, 0.29) is 35.7 Å². The number of hydrogen-bond acceptors (Lipinski definition) is 2. The Balaban J connectivity index is 0. The van der Waals surface area contributed by atoms with Gasteiger partial charge < -0.3 is 9.46 Å². The minimum atomic E-state index is -2.50. The largest absolute Gasteiger partial charge is 1.00 e. The van der Waals surface area contributed by atoms with Gasteiger partial charge >= 0.3 is 29.6 Å². The van der Waals surface area contributed by atoms with E-state index in [4.69, 9.17) is 0 Å². The molecule has 0 saturated carbocycles. The van der Waals surface area contributed by atoms with E-state index in [0.717, 1.165) is 0 Å². The third kappa shape index (κ3) is 10.9. The van der Waals surface area contributed by atoms with Crippen LogP contribution in [-0.4, -0.2) is 6.16 Å². The number of hydrogen-bond donors (Lipinski definition) is 0. The molecule has 2 nitrogen and oxygen atoms in total. The normalized spacial score (nSPS) is 11.6. The SMILES string of the molecule is C=CC[PH](=O)[O-].[Na+]. The van der Waals surface area contributed by atoms with Crippen LogP contribution in [-0.2, 0) is 4.57 Å². The summed E-state index contributed by atoms with van der Waals surface area (Å²) in [7, 11) is -2.50. The van der Waals surface area contributed by atoms with E-state index in [1.54, 1.807) is 0 Å². The first kappa shape index (κ1) is 10.8. The Labute approximate surface area is 65.8 Å². The van der Waals surface area contributed by atoms with E-state index in [2.05, 4.69) is 6.58 Å². The Morgan fingerprint density at radius 3 is 2.29 bits per heavy atom. The van der Waals surface area contributed by atoms with Crippen molar-refractivity contribution in [1.29, 1.82) is 0 Å². The summed E-state index contributed by atoms with van der Waals surface area (Å²) in [6, 6.07) is 0. The van der Waals surface area contributed by atoms with Gasteiger partial charge in [-0.05, 0) is 0 Å². The summed E-state index contributed by atoms with van der Waals surface area (Å²) >= 11 is 0. The topological polar surface area (TPSA) is 40.1 Å². The standard InChI is InChI=1S/C3H7O2P.Na/c1-2-3-6(4)5;/h2,6H,1,3H2,(H,4,5);/q;+1/p-1. The van der Waals surface area contributed by atoms with E-state index in [1.165, 1.54) is 6.08 Å². The Morgan fingerprint density at radius 1 is 1.86 bits per heavy atom. The summed E-state index contributed by atoms with van der Waals surface area (Å²) < 4.78 is 9.60. The van der Waals surface area contributed by atoms with Gasteiger partial charge in [-0.25, -0.2) is 0 Å². The van der Waals surface area contributed by atoms with Crippen LogP contribution < -0.4 is 34.5 Å². The first-order valence-electron chi connectivity index (χ1n) is 1.58. The number of allylic oxidation sites excluding steroid dienone is 1. The molecule has 0 radical (unpaired) electrons. The summed E-state index contributed by atoms with van der Waals surface area (Å²) in [5.74, 6) is 0. The summed E-state index contributed by atoms with van der Waals surface area (Å²) in [5, 5.41) is 0. The fourth-order valence-electron chi connectivity index (χ4n) is 0.118. The minimum Gasteiger partial charge on any atom is -0.801 e. The predicted octanol–water partition coefficient (Wildman–Crippen LogP) is -2.99. The zero-order valence-corrected chi connectivity index (χ0v) is 7.31. The Bertz CT molecular complexity index is 73.3. The van der Waals surface area contributed by atoms with Crippen molar-refractivity contribution in [2.75, 3.05) is 6.16 Å². The van der Waals surface area contributed by atoms with Crippen molar-refractivity contribution in [3.05, 3.63) is 12.7 Å². The maximum Gasteiger partial charge on any atom is 1.00 e. The van der Waals surface area contributed by atoms with Gasteiger partial charge in [-0.1, -0.05) is 6.08 Å². The summed E-state index contributed by atoms with van der Waals surface area (Å²) in [6.45, 7) is 3.23. The first-order valence-corrected chi connectivity index (χ1v) is 3.10. The van der Waals surface area contributed by atoms with Crippen molar-refractivity contribution in [3.63, 3.8) is 0 Å². The van der Waals surface area contributed by atoms with Crippen molar-refractivity contribution in [3.8, 4) is 0 Å². The third-order valence-corrected chi connectivity index (χ3v) is 0.933. The molecule has 0 saturated heterocycles. The van der Waals surface area contributed by atoms with Crippen LogP contribution in [0.4, 0.5) is 0 Å². The first-order chi connectivity index (χ1) is 2.77. The Hall–Kier alpha value is 0.930. The molecule has 0 aromatic carbocycles. The monoisotopic (exact) mass is 128 g/mol.